The first-order valence-electron chi connectivity index (χ1n) is 8.31. The summed E-state index contributed by atoms with van der Waals surface area (Å²) in [4.78, 5) is 13.4. The Bertz CT molecular complexity index is 1010. The molecule has 0 aliphatic heterocycles. The van der Waals surface area contributed by atoms with Crippen molar-refractivity contribution in [1.82, 2.24) is 15.0 Å². The Labute approximate surface area is 150 Å². The fraction of sp³-hybridized carbons (Fsp3) is 0.150. The number of rotatable bonds is 5. The van der Waals surface area contributed by atoms with E-state index in [1.54, 1.807) is 37.7 Å². The molecule has 0 amide bonds. The van der Waals surface area contributed by atoms with Crippen molar-refractivity contribution >= 4 is 16.7 Å². The summed E-state index contributed by atoms with van der Waals surface area (Å²) >= 11 is 0. The summed E-state index contributed by atoms with van der Waals surface area (Å²) in [6, 6.07) is 15.0. The van der Waals surface area contributed by atoms with Crippen LogP contribution in [0.5, 0.6) is 0 Å². The van der Waals surface area contributed by atoms with Crippen molar-refractivity contribution in [1.29, 1.82) is 0 Å². The summed E-state index contributed by atoms with van der Waals surface area (Å²) in [5.74, 6) is 1.73. The highest BCUT2D eigenvalue weighted by Gasteiger charge is 2.26. The van der Waals surface area contributed by atoms with Gasteiger partial charge in [0.2, 0.25) is 0 Å². The summed E-state index contributed by atoms with van der Waals surface area (Å²) in [6.07, 6.45) is 4.99. The minimum atomic E-state index is -1.16. The molecule has 6 nitrogen and oxygen atoms in total. The maximum Gasteiger partial charge on any atom is 0.163 e. The Balaban J connectivity index is 1.72. The molecule has 26 heavy (non-hydrogen) atoms. The van der Waals surface area contributed by atoms with Crippen molar-refractivity contribution in [3.63, 3.8) is 0 Å². The lowest BCUT2D eigenvalue weighted by molar-refractivity contribution is 0.0476. The third-order valence-corrected chi connectivity index (χ3v) is 4.18. The smallest absolute Gasteiger partial charge is 0.163 e. The second kappa shape index (κ2) is 6.57. The minimum absolute atomic E-state index is 0.244. The number of hydrogen-bond donors (Lipinski definition) is 2. The molecule has 0 fully saturated rings. The lowest BCUT2D eigenvalue weighted by Crippen LogP contribution is -2.30. The molecule has 2 N–H and O–H groups in total. The predicted molar refractivity (Wildman–Crippen MR) is 99.5 cm³/mol. The first-order chi connectivity index (χ1) is 12.6. The minimum Gasteiger partial charge on any atom is -0.466 e. The van der Waals surface area contributed by atoms with Gasteiger partial charge >= 0.3 is 0 Å². The first-order valence-corrected chi connectivity index (χ1v) is 8.31. The van der Waals surface area contributed by atoms with Crippen LogP contribution in [-0.2, 0) is 5.60 Å². The van der Waals surface area contributed by atoms with Gasteiger partial charge in [-0.1, -0.05) is 12.1 Å². The lowest BCUT2D eigenvalue weighted by Gasteiger charge is -2.22. The van der Waals surface area contributed by atoms with Gasteiger partial charge in [0.1, 0.15) is 17.2 Å². The molecule has 1 unspecified atom stereocenters. The monoisotopic (exact) mass is 346 g/mol. The summed E-state index contributed by atoms with van der Waals surface area (Å²) in [6.45, 7) is 1.94. The third-order valence-electron chi connectivity index (χ3n) is 4.18. The van der Waals surface area contributed by atoms with E-state index in [-0.39, 0.29) is 6.54 Å². The van der Waals surface area contributed by atoms with Gasteiger partial charge in [-0.25, -0.2) is 9.97 Å². The van der Waals surface area contributed by atoms with Crippen LogP contribution in [0.15, 0.2) is 71.6 Å². The second-order valence-corrected chi connectivity index (χ2v) is 6.26. The summed E-state index contributed by atoms with van der Waals surface area (Å²) in [5.41, 5.74) is 0.491. The summed E-state index contributed by atoms with van der Waals surface area (Å²) in [7, 11) is 0. The molecule has 0 aliphatic carbocycles. The number of fused-ring (bicyclic) bond motifs is 1. The van der Waals surface area contributed by atoms with Gasteiger partial charge in [0.15, 0.2) is 5.82 Å². The van der Waals surface area contributed by atoms with Gasteiger partial charge < -0.3 is 14.8 Å². The number of aromatic nitrogens is 3. The molecule has 1 aromatic carbocycles. The van der Waals surface area contributed by atoms with E-state index in [9.17, 15) is 5.11 Å². The number of para-hydroxylation sites is 1. The van der Waals surface area contributed by atoms with E-state index in [1.165, 1.54) is 0 Å². The van der Waals surface area contributed by atoms with Crippen molar-refractivity contribution in [3.05, 3.63) is 72.9 Å². The van der Waals surface area contributed by atoms with Gasteiger partial charge in [-0.05, 0) is 43.3 Å². The maximum atomic E-state index is 10.7. The number of hydrogen-bond acceptors (Lipinski definition) is 6. The molecule has 4 rings (SSSR count). The zero-order chi connectivity index (χ0) is 18.0. The van der Waals surface area contributed by atoms with Crippen LogP contribution >= 0.6 is 0 Å². The van der Waals surface area contributed by atoms with Crippen LogP contribution in [0.4, 0.5) is 5.82 Å². The number of pyridine rings is 1. The number of furan rings is 1. The molecule has 130 valence electrons. The zero-order valence-electron chi connectivity index (χ0n) is 14.3. The van der Waals surface area contributed by atoms with E-state index in [0.717, 1.165) is 16.5 Å². The van der Waals surface area contributed by atoms with E-state index in [4.69, 9.17) is 4.42 Å². The van der Waals surface area contributed by atoms with Crippen LogP contribution in [0, 0.1) is 0 Å². The van der Waals surface area contributed by atoms with Gasteiger partial charge in [-0.15, -0.1) is 0 Å². The van der Waals surface area contributed by atoms with Crippen molar-refractivity contribution in [2.24, 2.45) is 0 Å². The SMILES string of the molecule is CC(O)(CNc1nc(-c2cccnc2)nc2ccccc12)c1ccco1. The van der Waals surface area contributed by atoms with Crippen molar-refractivity contribution < 1.29 is 9.52 Å². The Hall–Kier alpha value is -3.25. The molecule has 0 bridgehead atoms. The zero-order valence-corrected chi connectivity index (χ0v) is 14.3. The molecule has 0 saturated carbocycles. The number of nitrogens with one attached hydrogen (secondary N) is 1. The molecule has 0 spiro atoms. The average Bonchev–Trinajstić information content (AvgIpc) is 3.22. The largest absolute Gasteiger partial charge is 0.466 e. The van der Waals surface area contributed by atoms with Crippen LogP contribution in [-0.4, -0.2) is 26.6 Å². The summed E-state index contributed by atoms with van der Waals surface area (Å²) < 4.78 is 5.34. The number of nitrogens with zero attached hydrogens (tertiary/aromatic N) is 3. The van der Waals surface area contributed by atoms with E-state index in [1.807, 2.05) is 36.4 Å². The molecule has 0 aliphatic rings. The van der Waals surface area contributed by atoms with Crippen LogP contribution in [0.3, 0.4) is 0 Å². The Morgan fingerprint density at radius 2 is 1.96 bits per heavy atom. The normalized spacial score (nSPS) is 13.5. The standard InChI is InChI=1S/C20H18N4O2/c1-20(25,17-9-5-11-26-17)13-22-19-15-7-2-3-8-16(15)23-18(24-19)14-6-4-10-21-12-14/h2-12,25H,13H2,1H3,(H,22,23,24). The molecule has 6 heteroatoms. The van der Waals surface area contributed by atoms with Gasteiger partial charge in [-0.3, -0.25) is 4.98 Å². The quantitative estimate of drug-likeness (QED) is 0.574. The highest BCUT2D eigenvalue weighted by molar-refractivity contribution is 5.90. The molecular formula is C20H18N4O2. The third kappa shape index (κ3) is 3.14. The maximum absolute atomic E-state index is 10.7. The van der Waals surface area contributed by atoms with Gasteiger partial charge in [0.05, 0.1) is 18.3 Å². The molecular weight excluding hydrogens is 328 g/mol. The molecule has 0 radical (unpaired) electrons. The molecule has 1 atom stereocenters. The fourth-order valence-corrected chi connectivity index (χ4v) is 2.76. The van der Waals surface area contributed by atoms with Crippen LogP contribution in [0.1, 0.15) is 12.7 Å². The number of benzene rings is 1. The van der Waals surface area contributed by atoms with Crippen LogP contribution < -0.4 is 5.32 Å². The van der Waals surface area contributed by atoms with Gasteiger partial charge in [0, 0.05) is 23.3 Å². The second-order valence-electron chi connectivity index (χ2n) is 6.26. The van der Waals surface area contributed by atoms with E-state index < -0.39 is 5.60 Å². The van der Waals surface area contributed by atoms with Gasteiger partial charge in [-0.2, -0.15) is 0 Å². The van der Waals surface area contributed by atoms with Crippen LogP contribution in [0.2, 0.25) is 0 Å². The Kier molecular flexibility index (Phi) is 4.10. The molecule has 3 heterocycles. The lowest BCUT2D eigenvalue weighted by atomic mass is 10.0. The number of aliphatic hydroxyl groups is 1. The Morgan fingerprint density at radius 1 is 1.08 bits per heavy atom. The van der Waals surface area contributed by atoms with Crippen molar-refractivity contribution in [2.45, 2.75) is 12.5 Å². The van der Waals surface area contributed by atoms with Crippen molar-refractivity contribution in [3.8, 4) is 11.4 Å². The topological polar surface area (TPSA) is 84.1 Å². The average molecular weight is 346 g/mol. The molecule has 0 saturated heterocycles. The predicted octanol–water partition coefficient (Wildman–Crippen LogP) is 3.60. The van der Waals surface area contributed by atoms with E-state index in [2.05, 4.69) is 20.3 Å². The fourth-order valence-electron chi connectivity index (χ4n) is 2.76. The Morgan fingerprint density at radius 3 is 2.73 bits per heavy atom. The summed E-state index contributed by atoms with van der Waals surface area (Å²) in [5, 5.41) is 14.8. The van der Waals surface area contributed by atoms with Crippen LogP contribution in [0.25, 0.3) is 22.3 Å². The van der Waals surface area contributed by atoms with E-state index >= 15 is 0 Å². The number of anilines is 1. The highest BCUT2D eigenvalue weighted by atomic mass is 16.4. The highest BCUT2D eigenvalue weighted by Crippen LogP contribution is 2.27. The molecule has 4 aromatic rings. The first kappa shape index (κ1) is 16.2. The van der Waals surface area contributed by atoms with Crippen molar-refractivity contribution in [2.75, 3.05) is 11.9 Å². The molecule has 3 aromatic heterocycles. The van der Waals surface area contributed by atoms with Gasteiger partial charge in [0.25, 0.3) is 0 Å². The van der Waals surface area contributed by atoms with E-state index in [0.29, 0.717) is 17.4 Å².